The van der Waals surface area contributed by atoms with Gasteiger partial charge in [0.05, 0.1) is 0 Å². The predicted octanol–water partition coefficient (Wildman–Crippen LogP) is 2.58. The minimum atomic E-state index is 0.627. The second-order valence-electron chi connectivity index (χ2n) is 6.14. The standard InChI is InChI=1S/C16H27N3/c1-13(2)11-14-12-19(10-9-17-14)16-7-5-15(6-8-16)18(3)4/h5-8,13-14,17H,9-12H2,1-4H3. The molecule has 0 aromatic heterocycles. The Morgan fingerprint density at radius 2 is 1.95 bits per heavy atom. The van der Waals surface area contributed by atoms with E-state index >= 15 is 0 Å². The number of hydrogen-bond acceptors (Lipinski definition) is 3. The summed E-state index contributed by atoms with van der Waals surface area (Å²) >= 11 is 0. The van der Waals surface area contributed by atoms with Crippen LogP contribution in [-0.4, -0.2) is 39.8 Å². The molecule has 1 aliphatic heterocycles. The van der Waals surface area contributed by atoms with E-state index in [0.717, 1.165) is 25.6 Å². The van der Waals surface area contributed by atoms with Crippen LogP contribution in [0.4, 0.5) is 11.4 Å². The first-order chi connectivity index (χ1) is 9.06. The monoisotopic (exact) mass is 261 g/mol. The first-order valence-electron chi connectivity index (χ1n) is 7.32. The Morgan fingerprint density at radius 3 is 2.53 bits per heavy atom. The van der Waals surface area contributed by atoms with Gasteiger partial charge in [0.25, 0.3) is 0 Å². The molecular formula is C16H27N3. The van der Waals surface area contributed by atoms with Gasteiger partial charge in [-0.25, -0.2) is 0 Å². The fourth-order valence-electron chi connectivity index (χ4n) is 2.75. The summed E-state index contributed by atoms with van der Waals surface area (Å²) in [4.78, 5) is 4.64. The SMILES string of the molecule is CC(C)CC1CN(c2ccc(N(C)C)cc2)CCN1. The molecule has 0 spiro atoms. The molecule has 1 heterocycles. The van der Waals surface area contributed by atoms with E-state index in [-0.39, 0.29) is 0 Å². The van der Waals surface area contributed by atoms with E-state index in [1.54, 1.807) is 0 Å². The Morgan fingerprint density at radius 1 is 1.26 bits per heavy atom. The van der Waals surface area contributed by atoms with Gasteiger partial charge >= 0.3 is 0 Å². The number of rotatable bonds is 4. The summed E-state index contributed by atoms with van der Waals surface area (Å²) in [5.74, 6) is 0.758. The molecule has 1 unspecified atom stereocenters. The Kier molecular flexibility index (Phi) is 4.70. The van der Waals surface area contributed by atoms with Crippen molar-refractivity contribution in [3.63, 3.8) is 0 Å². The minimum absolute atomic E-state index is 0.627. The fraction of sp³-hybridized carbons (Fsp3) is 0.625. The summed E-state index contributed by atoms with van der Waals surface area (Å²) in [5.41, 5.74) is 2.61. The summed E-state index contributed by atoms with van der Waals surface area (Å²) in [7, 11) is 4.16. The van der Waals surface area contributed by atoms with E-state index in [9.17, 15) is 0 Å². The van der Waals surface area contributed by atoms with E-state index in [1.807, 2.05) is 0 Å². The van der Waals surface area contributed by atoms with Crippen LogP contribution in [0.5, 0.6) is 0 Å². The molecule has 1 aromatic carbocycles. The summed E-state index contributed by atoms with van der Waals surface area (Å²) in [5, 5.41) is 3.63. The van der Waals surface area contributed by atoms with Crippen molar-refractivity contribution in [2.75, 3.05) is 43.5 Å². The zero-order valence-electron chi connectivity index (χ0n) is 12.7. The quantitative estimate of drug-likeness (QED) is 0.898. The van der Waals surface area contributed by atoms with Crippen LogP contribution in [0.1, 0.15) is 20.3 Å². The average Bonchev–Trinajstić information content (AvgIpc) is 2.38. The molecule has 2 rings (SSSR count). The van der Waals surface area contributed by atoms with Crippen molar-refractivity contribution in [3.05, 3.63) is 24.3 Å². The molecule has 19 heavy (non-hydrogen) atoms. The first kappa shape index (κ1) is 14.2. The van der Waals surface area contributed by atoms with Crippen molar-refractivity contribution >= 4 is 11.4 Å². The van der Waals surface area contributed by atoms with Crippen LogP contribution >= 0.6 is 0 Å². The molecule has 1 aromatic rings. The maximum absolute atomic E-state index is 3.63. The van der Waals surface area contributed by atoms with Gasteiger partial charge in [0.1, 0.15) is 0 Å². The molecule has 0 radical (unpaired) electrons. The Bertz CT molecular complexity index is 383. The molecule has 1 atom stereocenters. The maximum Gasteiger partial charge on any atom is 0.0368 e. The number of nitrogens with one attached hydrogen (secondary N) is 1. The van der Waals surface area contributed by atoms with Gasteiger partial charge in [-0.2, -0.15) is 0 Å². The van der Waals surface area contributed by atoms with Crippen molar-refractivity contribution in [1.29, 1.82) is 0 Å². The first-order valence-corrected chi connectivity index (χ1v) is 7.32. The Labute approximate surface area is 117 Å². The van der Waals surface area contributed by atoms with Crippen molar-refractivity contribution < 1.29 is 0 Å². The van der Waals surface area contributed by atoms with E-state index in [2.05, 4.69) is 67.3 Å². The second kappa shape index (κ2) is 6.29. The smallest absolute Gasteiger partial charge is 0.0368 e. The van der Waals surface area contributed by atoms with Crippen LogP contribution in [0.3, 0.4) is 0 Å². The molecule has 0 bridgehead atoms. The van der Waals surface area contributed by atoms with Gasteiger partial charge in [0.15, 0.2) is 0 Å². The molecule has 3 nitrogen and oxygen atoms in total. The highest BCUT2D eigenvalue weighted by Crippen LogP contribution is 2.21. The van der Waals surface area contributed by atoms with Crippen LogP contribution in [0, 0.1) is 5.92 Å². The fourth-order valence-corrected chi connectivity index (χ4v) is 2.75. The van der Waals surface area contributed by atoms with Gasteiger partial charge in [-0.15, -0.1) is 0 Å². The van der Waals surface area contributed by atoms with E-state index in [4.69, 9.17) is 0 Å². The van der Waals surface area contributed by atoms with Crippen molar-refractivity contribution in [1.82, 2.24) is 5.32 Å². The van der Waals surface area contributed by atoms with E-state index in [1.165, 1.54) is 17.8 Å². The van der Waals surface area contributed by atoms with Gasteiger partial charge in [-0.05, 0) is 36.6 Å². The number of hydrogen-bond donors (Lipinski definition) is 1. The molecule has 0 amide bonds. The Balaban J connectivity index is 2.00. The van der Waals surface area contributed by atoms with Gasteiger partial charge in [-0.1, -0.05) is 13.8 Å². The third-order valence-electron chi connectivity index (χ3n) is 3.74. The number of piperazine rings is 1. The topological polar surface area (TPSA) is 18.5 Å². The third kappa shape index (κ3) is 3.87. The van der Waals surface area contributed by atoms with E-state index < -0.39 is 0 Å². The highest BCUT2D eigenvalue weighted by Gasteiger charge is 2.20. The van der Waals surface area contributed by atoms with Gasteiger partial charge in [-0.3, -0.25) is 0 Å². The number of benzene rings is 1. The van der Waals surface area contributed by atoms with Crippen LogP contribution in [0.15, 0.2) is 24.3 Å². The summed E-state index contributed by atoms with van der Waals surface area (Å²) in [6.45, 7) is 7.92. The predicted molar refractivity (Wildman–Crippen MR) is 84.2 cm³/mol. The minimum Gasteiger partial charge on any atom is -0.378 e. The summed E-state index contributed by atoms with van der Waals surface area (Å²) < 4.78 is 0. The lowest BCUT2D eigenvalue weighted by molar-refractivity contribution is 0.388. The molecule has 3 heteroatoms. The van der Waals surface area contributed by atoms with Crippen molar-refractivity contribution in [3.8, 4) is 0 Å². The number of nitrogens with zero attached hydrogens (tertiary/aromatic N) is 2. The summed E-state index contributed by atoms with van der Waals surface area (Å²) in [6.07, 6.45) is 1.26. The molecular weight excluding hydrogens is 234 g/mol. The largest absolute Gasteiger partial charge is 0.378 e. The molecule has 1 aliphatic rings. The molecule has 1 saturated heterocycles. The average molecular weight is 261 g/mol. The number of anilines is 2. The lowest BCUT2D eigenvalue weighted by Gasteiger charge is -2.36. The molecule has 0 aliphatic carbocycles. The second-order valence-corrected chi connectivity index (χ2v) is 6.14. The Hall–Kier alpha value is -1.22. The normalized spacial score (nSPS) is 19.8. The molecule has 1 N–H and O–H groups in total. The highest BCUT2D eigenvalue weighted by atomic mass is 15.2. The summed E-state index contributed by atoms with van der Waals surface area (Å²) in [6, 6.07) is 9.52. The molecule has 1 fully saturated rings. The van der Waals surface area contributed by atoms with Crippen molar-refractivity contribution in [2.24, 2.45) is 5.92 Å². The van der Waals surface area contributed by atoms with Crippen LogP contribution in [0.25, 0.3) is 0 Å². The van der Waals surface area contributed by atoms with Gasteiger partial charge in [0.2, 0.25) is 0 Å². The zero-order valence-corrected chi connectivity index (χ0v) is 12.7. The van der Waals surface area contributed by atoms with Crippen LogP contribution in [0.2, 0.25) is 0 Å². The lowest BCUT2D eigenvalue weighted by Crippen LogP contribution is -2.51. The third-order valence-corrected chi connectivity index (χ3v) is 3.74. The van der Waals surface area contributed by atoms with Gasteiger partial charge < -0.3 is 15.1 Å². The van der Waals surface area contributed by atoms with Crippen molar-refractivity contribution in [2.45, 2.75) is 26.3 Å². The van der Waals surface area contributed by atoms with Gasteiger partial charge in [0, 0.05) is 51.1 Å². The molecule has 106 valence electrons. The maximum atomic E-state index is 3.63. The van der Waals surface area contributed by atoms with Crippen LogP contribution < -0.4 is 15.1 Å². The van der Waals surface area contributed by atoms with Crippen LogP contribution in [-0.2, 0) is 0 Å². The lowest BCUT2D eigenvalue weighted by atomic mass is 10.0. The van der Waals surface area contributed by atoms with E-state index in [0.29, 0.717) is 6.04 Å². The molecule has 0 saturated carbocycles. The highest BCUT2D eigenvalue weighted by molar-refractivity contribution is 5.56. The zero-order chi connectivity index (χ0) is 13.8.